The number of carbonyl (C=O) groups is 2. The van der Waals surface area contributed by atoms with Crippen LogP contribution in [0, 0.1) is 0 Å². The number of hydrogen-bond acceptors (Lipinski definition) is 5. The van der Waals surface area contributed by atoms with Gasteiger partial charge in [-0.3, -0.25) is 4.79 Å². The van der Waals surface area contributed by atoms with Crippen molar-refractivity contribution in [2.75, 3.05) is 6.61 Å². The van der Waals surface area contributed by atoms with E-state index in [2.05, 4.69) is 4.98 Å². The number of ketones is 1. The first-order valence-corrected chi connectivity index (χ1v) is 4.66. The molecule has 0 atom stereocenters. The molecule has 4 nitrogen and oxygen atoms in total. The molecule has 1 heterocycles. The monoisotopic (exact) mass is 199 g/mol. The zero-order valence-corrected chi connectivity index (χ0v) is 8.18. The topological polar surface area (TPSA) is 56.3 Å². The van der Waals surface area contributed by atoms with E-state index in [1.54, 1.807) is 12.3 Å². The predicted molar refractivity (Wildman–Crippen MR) is 48.1 cm³/mol. The third kappa shape index (κ3) is 2.35. The second kappa shape index (κ2) is 4.13. The average molecular weight is 199 g/mol. The van der Waals surface area contributed by atoms with Crippen molar-refractivity contribution in [2.45, 2.75) is 13.8 Å². The van der Waals surface area contributed by atoms with Gasteiger partial charge in [-0.15, -0.1) is 11.3 Å². The Morgan fingerprint density at radius 3 is 2.77 bits per heavy atom. The van der Waals surface area contributed by atoms with Crippen LogP contribution in [0.4, 0.5) is 0 Å². The van der Waals surface area contributed by atoms with Gasteiger partial charge < -0.3 is 4.74 Å². The van der Waals surface area contributed by atoms with E-state index < -0.39 is 5.97 Å². The highest BCUT2D eigenvalue weighted by Crippen LogP contribution is 2.11. The highest BCUT2D eigenvalue weighted by Gasteiger charge is 2.13. The maximum absolute atomic E-state index is 11.1. The van der Waals surface area contributed by atoms with Crippen LogP contribution in [0.2, 0.25) is 0 Å². The van der Waals surface area contributed by atoms with Crippen molar-refractivity contribution in [1.82, 2.24) is 4.98 Å². The summed E-state index contributed by atoms with van der Waals surface area (Å²) in [6, 6.07) is 0. The molecule has 0 aliphatic heterocycles. The van der Waals surface area contributed by atoms with Crippen molar-refractivity contribution in [3.8, 4) is 0 Å². The van der Waals surface area contributed by atoms with Gasteiger partial charge in [0.25, 0.3) is 0 Å². The minimum absolute atomic E-state index is 0.146. The molecule has 0 spiro atoms. The summed E-state index contributed by atoms with van der Waals surface area (Å²) in [7, 11) is 0. The molecule has 0 aromatic carbocycles. The van der Waals surface area contributed by atoms with E-state index in [1.165, 1.54) is 6.92 Å². The number of aromatic nitrogens is 1. The van der Waals surface area contributed by atoms with E-state index in [-0.39, 0.29) is 10.8 Å². The normalized spacial score (nSPS) is 9.69. The molecule has 0 aliphatic carbocycles. The van der Waals surface area contributed by atoms with E-state index in [0.29, 0.717) is 12.3 Å². The predicted octanol–water partition coefficient (Wildman–Crippen LogP) is 1.52. The second-order valence-electron chi connectivity index (χ2n) is 2.31. The molecule has 0 N–H and O–H groups in total. The van der Waals surface area contributed by atoms with Gasteiger partial charge in [-0.1, -0.05) is 0 Å². The first-order valence-electron chi connectivity index (χ1n) is 3.78. The molecule has 5 heteroatoms. The molecule has 0 amide bonds. The molecule has 1 aromatic rings. The number of carbonyl (C=O) groups excluding carboxylic acids is 2. The molecule has 0 saturated heterocycles. The lowest BCUT2D eigenvalue weighted by atomic mass is 10.4. The Bertz CT molecular complexity index is 332. The van der Waals surface area contributed by atoms with Gasteiger partial charge in [-0.2, -0.15) is 0 Å². The lowest BCUT2D eigenvalue weighted by Gasteiger charge is -1.95. The molecular weight excluding hydrogens is 190 g/mol. The third-order valence-electron chi connectivity index (χ3n) is 1.31. The smallest absolute Gasteiger partial charge is 0.367 e. The van der Waals surface area contributed by atoms with Gasteiger partial charge in [0.15, 0.2) is 5.78 Å². The van der Waals surface area contributed by atoms with Gasteiger partial charge in [0.05, 0.1) is 6.61 Å². The Morgan fingerprint density at radius 2 is 2.31 bits per heavy atom. The Labute approximate surface area is 79.6 Å². The Kier molecular flexibility index (Phi) is 3.13. The maximum atomic E-state index is 11.1. The van der Waals surface area contributed by atoms with Crippen LogP contribution in [0.1, 0.15) is 34.1 Å². The molecule has 1 aromatic heterocycles. The van der Waals surface area contributed by atoms with Crippen molar-refractivity contribution < 1.29 is 14.3 Å². The summed E-state index contributed by atoms with van der Waals surface area (Å²) in [4.78, 5) is 25.7. The zero-order valence-electron chi connectivity index (χ0n) is 7.36. The van der Waals surface area contributed by atoms with Crippen molar-refractivity contribution in [1.29, 1.82) is 0 Å². The van der Waals surface area contributed by atoms with Gasteiger partial charge in [0.2, 0.25) is 5.01 Å². The second-order valence-corrected chi connectivity index (χ2v) is 3.17. The summed E-state index contributed by atoms with van der Waals surface area (Å²) in [5.41, 5.74) is 0.313. The summed E-state index contributed by atoms with van der Waals surface area (Å²) < 4.78 is 4.72. The number of ether oxygens (including phenoxy) is 1. The summed E-state index contributed by atoms with van der Waals surface area (Å²) in [6.45, 7) is 3.44. The Morgan fingerprint density at radius 1 is 1.62 bits per heavy atom. The number of rotatable bonds is 3. The Hall–Kier alpha value is -1.23. The van der Waals surface area contributed by atoms with Gasteiger partial charge in [-0.25, -0.2) is 9.78 Å². The lowest BCUT2D eigenvalue weighted by Crippen LogP contribution is -2.04. The Balaban J connectivity index is 2.79. The first-order chi connectivity index (χ1) is 6.15. The minimum Gasteiger partial charge on any atom is -0.461 e. The van der Waals surface area contributed by atoms with Crippen LogP contribution in [-0.4, -0.2) is 23.3 Å². The third-order valence-corrected chi connectivity index (χ3v) is 2.14. The molecule has 0 saturated carbocycles. The first kappa shape index (κ1) is 9.85. The van der Waals surface area contributed by atoms with Crippen molar-refractivity contribution in [2.24, 2.45) is 0 Å². The van der Waals surface area contributed by atoms with Crippen LogP contribution >= 0.6 is 11.3 Å². The highest BCUT2D eigenvalue weighted by molar-refractivity contribution is 7.11. The largest absolute Gasteiger partial charge is 0.461 e. The highest BCUT2D eigenvalue weighted by atomic mass is 32.1. The minimum atomic E-state index is -0.472. The standard InChI is InChI=1S/C8H9NO3S/c1-3-12-8(11)7-9-6(4-13-7)5(2)10/h4H,3H2,1-2H3. The van der Waals surface area contributed by atoms with Crippen LogP contribution in [0.5, 0.6) is 0 Å². The summed E-state index contributed by atoms with van der Waals surface area (Å²) in [5, 5.41) is 1.78. The summed E-state index contributed by atoms with van der Waals surface area (Å²) in [6.07, 6.45) is 0. The SMILES string of the molecule is CCOC(=O)c1nc(C(C)=O)cs1. The molecule has 0 fully saturated rings. The van der Waals surface area contributed by atoms with Crippen LogP contribution in [-0.2, 0) is 4.74 Å². The number of Topliss-reactive ketones (excluding diaryl/α,β-unsaturated/α-hetero) is 1. The summed E-state index contributed by atoms with van der Waals surface area (Å²) in [5.74, 6) is -0.619. The fraction of sp³-hybridized carbons (Fsp3) is 0.375. The van der Waals surface area contributed by atoms with E-state index >= 15 is 0 Å². The average Bonchev–Trinajstić information content (AvgIpc) is 2.52. The van der Waals surface area contributed by atoms with Gasteiger partial charge in [0.1, 0.15) is 5.69 Å². The fourth-order valence-corrected chi connectivity index (χ4v) is 1.47. The molecule has 0 aliphatic rings. The number of hydrogen-bond donors (Lipinski definition) is 0. The quantitative estimate of drug-likeness (QED) is 0.547. The van der Waals surface area contributed by atoms with E-state index in [0.717, 1.165) is 11.3 Å². The molecule has 70 valence electrons. The van der Waals surface area contributed by atoms with Crippen molar-refractivity contribution in [3.05, 3.63) is 16.1 Å². The molecule has 13 heavy (non-hydrogen) atoms. The molecule has 1 rings (SSSR count). The fourth-order valence-electron chi connectivity index (χ4n) is 0.722. The van der Waals surface area contributed by atoms with Gasteiger partial charge >= 0.3 is 5.97 Å². The van der Waals surface area contributed by atoms with Crippen molar-refractivity contribution >= 4 is 23.1 Å². The molecule has 0 unspecified atom stereocenters. The van der Waals surface area contributed by atoms with Crippen LogP contribution < -0.4 is 0 Å². The maximum Gasteiger partial charge on any atom is 0.367 e. The van der Waals surface area contributed by atoms with E-state index in [1.807, 2.05) is 0 Å². The number of thiazole rings is 1. The van der Waals surface area contributed by atoms with Gasteiger partial charge in [0, 0.05) is 12.3 Å². The van der Waals surface area contributed by atoms with Crippen LogP contribution in [0.25, 0.3) is 0 Å². The van der Waals surface area contributed by atoms with Crippen molar-refractivity contribution in [3.63, 3.8) is 0 Å². The van der Waals surface area contributed by atoms with Crippen LogP contribution in [0.3, 0.4) is 0 Å². The number of esters is 1. The zero-order chi connectivity index (χ0) is 9.84. The van der Waals surface area contributed by atoms with E-state index in [9.17, 15) is 9.59 Å². The van der Waals surface area contributed by atoms with E-state index in [4.69, 9.17) is 4.74 Å². The molecular formula is C8H9NO3S. The molecule has 0 bridgehead atoms. The van der Waals surface area contributed by atoms with Gasteiger partial charge in [-0.05, 0) is 6.92 Å². The van der Waals surface area contributed by atoms with Crippen LogP contribution in [0.15, 0.2) is 5.38 Å². The number of nitrogens with zero attached hydrogens (tertiary/aromatic N) is 1. The summed E-state index contributed by atoms with van der Waals surface area (Å²) >= 11 is 1.12. The lowest BCUT2D eigenvalue weighted by molar-refractivity contribution is 0.0526. The molecule has 0 radical (unpaired) electrons.